The fourth-order valence-corrected chi connectivity index (χ4v) is 1.80. The summed E-state index contributed by atoms with van der Waals surface area (Å²) in [4.78, 5) is 15.7. The number of hydrogen-bond acceptors (Lipinski definition) is 2. The molecular weight excluding hydrogens is 276 g/mol. The van der Waals surface area contributed by atoms with Gasteiger partial charge in [0.05, 0.1) is 0 Å². The predicted molar refractivity (Wildman–Crippen MR) is 68.7 cm³/mol. The third-order valence-electron chi connectivity index (χ3n) is 2.41. The number of pyridine rings is 1. The highest BCUT2D eigenvalue weighted by atomic mass is 35.5. The van der Waals surface area contributed by atoms with E-state index in [1.807, 2.05) is 0 Å². The van der Waals surface area contributed by atoms with Crippen LogP contribution in [0.15, 0.2) is 36.5 Å². The number of benzene rings is 1. The zero-order valence-corrected chi connectivity index (χ0v) is 10.7. The van der Waals surface area contributed by atoms with Crippen molar-refractivity contribution in [3.8, 4) is 0 Å². The van der Waals surface area contributed by atoms with Crippen molar-refractivity contribution in [1.29, 1.82) is 0 Å². The van der Waals surface area contributed by atoms with Crippen LogP contribution in [-0.2, 0) is 6.42 Å². The van der Waals surface area contributed by atoms with Gasteiger partial charge in [0, 0.05) is 23.2 Å². The lowest BCUT2D eigenvalue weighted by molar-refractivity contribution is 0.0991. The van der Waals surface area contributed by atoms with Crippen LogP contribution < -0.4 is 0 Å². The van der Waals surface area contributed by atoms with Crippen molar-refractivity contribution in [2.75, 3.05) is 0 Å². The molecule has 1 aromatic carbocycles. The molecule has 0 atom stereocenters. The minimum atomic E-state index is -0.449. The molecule has 0 unspecified atom stereocenters. The first-order chi connectivity index (χ1) is 8.56. The first-order valence-electron chi connectivity index (χ1n) is 5.15. The Hall–Kier alpha value is -1.45. The van der Waals surface area contributed by atoms with Crippen LogP contribution in [0.4, 0.5) is 4.39 Å². The largest absolute Gasteiger partial charge is 0.294 e. The Morgan fingerprint density at radius 3 is 2.67 bits per heavy atom. The summed E-state index contributed by atoms with van der Waals surface area (Å²) in [6.45, 7) is 0. The number of carbonyl (C=O) groups is 1. The van der Waals surface area contributed by atoms with Gasteiger partial charge >= 0.3 is 0 Å². The molecule has 0 aliphatic carbocycles. The fraction of sp³-hybridized carbons (Fsp3) is 0.0769. The van der Waals surface area contributed by atoms with Crippen molar-refractivity contribution in [3.63, 3.8) is 0 Å². The van der Waals surface area contributed by atoms with Gasteiger partial charge in [0.15, 0.2) is 5.78 Å². The molecule has 2 nitrogen and oxygen atoms in total. The third-order valence-corrected chi connectivity index (χ3v) is 2.87. The first-order valence-corrected chi connectivity index (χ1v) is 5.90. The lowest BCUT2D eigenvalue weighted by Crippen LogP contribution is -2.05. The zero-order valence-electron chi connectivity index (χ0n) is 9.16. The number of rotatable bonds is 3. The normalized spacial score (nSPS) is 10.4. The van der Waals surface area contributed by atoms with Crippen LogP contribution in [0, 0.1) is 5.82 Å². The maximum absolute atomic E-state index is 13.5. The van der Waals surface area contributed by atoms with Crippen molar-refractivity contribution < 1.29 is 9.18 Å². The number of Topliss-reactive ketones (excluding diaryl/α,β-unsaturated/α-hetero) is 1. The molecule has 0 saturated carbocycles. The molecule has 0 N–H and O–H groups in total. The van der Waals surface area contributed by atoms with E-state index >= 15 is 0 Å². The number of halogens is 3. The van der Waals surface area contributed by atoms with E-state index in [4.69, 9.17) is 23.2 Å². The Labute approximate surface area is 113 Å². The lowest BCUT2D eigenvalue weighted by Gasteiger charge is -2.03. The monoisotopic (exact) mass is 283 g/mol. The molecule has 0 spiro atoms. The molecule has 0 radical (unpaired) electrons. The molecule has 2 aromatic rings. The van der Waals surface area contributed by atoms with Gasteiger partial charge in [-0.1, -0.05) is 23.2 Å². The molecule has 0 aliphatic heterocycles. The average Bonchev–Trinajstić information content (AvgIpc) is 2.34. The van der Waals surface area contributed by atoms with Crippen molar-refractivity contribution in [2.45, 2.75) is 6.42 Å². The van der Waals surface area contributed by atoms with Crippen LogP contribution in [0.1, 0.15) is 15.9 Å². The van der Waals surface area contributed by atoms with Gasteiger partial charge in [-0.3, -0.25) is 4.79 Å². The van der Waals surface area contributed by atoms with Crippen LogP contribution in [0.2, 0.25) is 10.2 Å². The summed E-state index contributed by atoms with van der Waals surface area (Å²) >= 11 is 11.4. The molecule has 0 bridgehead atoms. The standard InChI is InChI=1S/C13H8Cl2FNO/c14-10-2-3-11(16)9(5-10)6-12(18)8-1-4-13(15)17-7-8/h1-5,7H,6H2. The molecule has 0 saturated heterocycles. The zero-order chi connectivity index (χ0) is 13.1. The second kappa shape index (κ2) is 5.46. The van der Waals surface area contributed by atoms with Crippen LogP contribution >= 0.6 is 23.2 Å². The van der Waals surface area contributed by atoms with E-state index in [1.165, 1.54) is 30.5 Å². The highest BCUT2D eigenvalue weighted by Gasteiger charge is 2.11. The van der Waals surface area contributed by atoms with Gasteiger partial charge < -0.3 is 0 Å². The van der Waals surface area contributed by atoms with E-state index in [2.05, 4.69) is 4.98 Å². The second-order valence-corrected chi connectivity index (χ2v) is 4.53. The van der Waals surface area contributed by atoms with Crippen molar-refractivity contribution in [2.24, 2.45) is 0 Å². The Balaban J connectivity index is 2.21. The molecule has 0 fully saturated rings. The molecule has 18 heavy (non-hydrogen) atoms. The lowest BCUT2D eigenvalue weighted by atomic mass is 10.0. The molecule has 0 amide bonds. The number of ketones is 1. The second-order valence-electron chi connectivity index (χ2n) is 3.71. The van der Waals surface area contributed by atoms with Crippen molar-refractivity contribution in [3.05, 3.63) is 63.6 Å². The number of hydrogen-bond donors (Lipinski definition) is 0. The van der Waals surface area contributed by atoms with Gasteiger partial charge in [-0.15, -0.1) is 0 Å². The Morgan fingerprint density at radius 1 is 1.22 bits per heavy atom. The molecule has 2 rings (SSSR count). The molecule has 5 heteroatoms. The van der Waals surface area contributed by atoms with Crippen LogP contribution in [0.3, 0.4) is 0 Å². The Bertz CT molecular complexity index is 584. The van der Waals surface area contributed by atoms with Gasteiger partial charge in [0.2, 0.25) is 0 Å². The minimum absolute atomic E-state index is 0.0598. The topological polar surface area (TPSA) is 30.0 Å². The molecule has 1 heterocycles. The van der Waals surface area contributed by atoms with Gasteiger partial charge in [0.25, 0.3) is 0 Å². The van der Waals surface area contributed by atoms with E-state index < -0.39 is 5.82 Å². The van der Waals surface area contributed by atoms with Crippen LogP contribution in [0.25, 0.3) is 0 Å². The summed E-state index contributed by atoms with van der Waals surface area (Å²) in [5.41, 5.74) is 0.654. The highest BCUT2D eigenvalue weighted by molar-refractivity contribution is 6.30. The number of nitrogens with zero attached hydrogens (tertiary/aromatic N) is 1. The summed E-state index contributed by atoms with van der Waals surface area (Å²) < 4.78 is 13.5. The van der Waals surface area contributed by atoms with E-state index in [9.17, 15) is 9.18 Å². The first kappa shape index (κ1) is 13.0. The Morgan fingerprint density at radius 2 is 2.00 bits per heavy atom. The maximum atomic E-state index is 13.5. The number of aromatic nitrogens is 1. The van der Waals surface area contributed by atoms with E-state index in [-0.39, 0.29) is 17.8 Å². The van der Waals surface area contributed by atoms with E-state index in [0.29, 0.717) is 15.7 Å². The molecule has 92 valence electrons. The van der Waals surface area contributed by atoms with Gasteiger partial charge in [0.1, 0.15) is 11.0 Å². The molecule has 0 aliphatic rings. The molecule has 1 aromatic heterocycles. The van der Waals surface area contributed by atoms with Gasteiger partial charge in [-0.2, -0.15) is 0 Å². The van der Waals surface area contributed by atoms with E-state index in [1.54, 1.807) is 6.07 Å². The van der Waals surface area contributed by atoms with Crippen LogP contribution in [0.5, 0.6) is 0 Å². The van der Waals surface area contributed by atoms with Gasteiger partial charge in [-0.25, -0.2) is 9.37 Å². The smallest absolute Gasteiger partial charge is 0.168 e. The summed E-state index contributed by atoms with van der Waals surface area (Å²) in [6, 6.07) is 7.20. The predicted octanol–water partition coefficient (Wildman–Crippen LogP) is 3.95. The average molecular weight is 284 g/mol. The summed E-state index contributed by atoms with van der Waals surface area (Å²) in [7, 11) is 0. The summed E-state index contributed by atoms with van der Waals surface area (Å²) in [5, 5.41) is 0.703. The fourth-order valence-electron chi connectivity index (χ4n) is 1.49. The maximum Gasteiger partial charge on any atom is 0.168 e. The summed E-state index contributed by atoms with van der Waals surface area (Å²) in [5.74, 6) is -0.685. The minimum Gasteiger partial charge on any atom is -0.294 e. The third kappa shape index (κ3) is 3.06. The molecular formula is C13H8Cl2FNO. The van der Waals surface area contributed by atoms with Crippen molar-refractivity contribution in [1.82, 2.24) is 4.98 Å². The van der Waals surface area contributed by atoms with E-state index in [0.717, 1.165) is 0 Å². The van der Waals surface area contributed by atoms with Crippen LogP contribution in [-0.4, -0.2) is 10.8 Å². The number of carbonyl (C=O) groups excluding carboxylic acids is 1. The Kier molecular flexibility index (Phi) is 3.94. The SMILES string of the molecule is O=C(Cc1cc(Cl)ccc1F)c1ccc(Cl)nc1. The van der Waals surface area contributed by atoms with Crippen molar-refractivity contribution >= 4 is 29.0 Å². The highest BCUT2D eigenvalue weighted by Crippen LogP contribution is 2.17. The van der Waals surface area contributed by atoms with Gasteiger partial charge in [-0.05, 0) is 35.9 Å². The quantitative estimate of drug-likeness (QED) is 0.631. The summed E-state index contributed by atoms with van der Waals surface area (Å²) in [6.07, 6.45) is 1.31.